The van der Waals surface area contributed by atoms with Crippen molar-refractivity contribution in [1.29, 1.82) is 0 Å². The lowest BCUT2D eigenvalue weighted by Gasteiger charge is -2.26. The van der Waals surface area contributed by atoms with Crippen LogP contribution in [0, 0.1) is 6.92 Å². The van der Waals surface area contributed by atoms with Crippen molar-refractivity contribution >= 4 is 27.3 Å². The Morgan fingerprint density at radius 2 is 1.84 bits per heavy atom. The largest absolute Gasteiger partial charge is 0.379 e. The van der Waals surface area contributed by atoms with Gasteiger partial charge in [0.15, 0.2) is 0 Å². The Morgan fingerprint density at radius 3 is 2.44 bits per heavy atom. The number of thiophene rings is 1. The minimum atomic E-state index is -3.48. The van der Waals surface area contributed by atoms with Crippen LogP contribution < -0.4 is 5.32 Å². The SMILES string of the molecule is Cc1ccc(C(=O)NCc2ccc(S(=O)(=O)N3CCOCC3)cc2)s1. The van der Waals surface area contributed by atoms with E-state index in [1.54, 1.807) is 30.3 Å². The molecule has 6 nitrogen and oxygen atoms in total. The maximum atomic E-state index is 12.6. The molecular formula is C17H20N2O4S2. The highest BCUT2D eigenvalue weighted by Gasteiger charge is 2.26. The van der Waals surface area contributed by atoms with Crippen molar-refractivity contribution in [3.05, 3.63) is 51.7 Å². The Labute approximate surface area is 151 Å². The van der Waals surface area contributed by atoms with Crippen LogP contribution in [0.15, 0.2) is 41.3 Å². The van der Waals surface area contributed by atoms with Crippen molar-refractivity contribution in [3.63, 3.8) is 0 Å². The summed E-state index contributed by atoms with van der Waals surface area (Å²) in [6, 6.07) is 10.3. The van der Waals surface area contributed by atoms with Crippen LogP contribution in [0.25, 0.3) is 0 Å². The van der Waals surface area contributed by atoms with Crippen molar-refractivity contribution in [3.8, 4) is 0 Å². The van der Waals surface area contributed by atoms with Crippen LogP contribution in [-0.2, 0) is 21.3 Å². The average Bonchev–Trinajstić information content (AvgIpc) is 3.07. The quantitative estimate of drug-likeness (QED) is 0.861. The predicted molar refractivity (Wildman–Crippen MR) is 96.2 cm³/mol. The van der Waals surface area contributed by atoms with Crippen LogP contribution in [-0.4, -0.2) is 44.9 Å². The van der Waals surface area contributed by atoms with Gasteiger partial charge >= 0.3 is 0 Å². The summed E-state index contributed by atoms with van der Waals surface area (Å²) in [7, 11) is -3.48. The van der Waals surface area contributed by atoms with Gasteiger partial charge in [0.25, 0.3) is 5.91 Å². The van der Waals surface area contributed by atoms with Crippen LogP contribution >= 0.6 is 11.3 Å². The molecule has 134 valence electrons. The van der Waals surface area contributed by atoms with Crippen molar-refractivity contribution in [2.45, 2.75) is 18.4 Å². The Hall–Kier alpha value is -1.74. The number of aryl methyl sites for hydroxylation is 1. The van der Waals surface area contributed by atoms with Gasteiger partial charge in [-0.2, -0.15) is 4.31 Å². The highest BCUT2D eigenvalue weighted by molar-refractivity contribution is 7.89. The van der Waals surface area contributed by atoms with Gasteiger partial charge in [0.1, 0.15) is 0 Å². The summed E-state index contributed by atoms with van der Waals surface area (Å²) >= 11 is 1.45. The molecule has 0 aliphatic carbocycles. The fourth-order valence-electron chi connectivity index (χ4n) is 2.54. The second-order valence-corrected chi connectivity index (χ2v) is 8.98. The minimum Gasteiger partial charge on any atom is -0.379 e. The van der Waals surface area contributed by atoms with E-state index in [-0.39, 0.29) is 10.8 Å². The van der Waals surface area contributed by atoms with E-state index in [0.29, 0.717) is 37.7 Å². The van der Waals surface area contributed by atoms with Gasteiger partial charge in [0.05, 0.1) is 23.0 Å². The van der Waals surface area contributed by atoms with Gasteiger partial charge in [-0.1, -0.05) is 12.1 Å². The molecular weight excluding hydrogens is 360 g/mol. The van der Waals surface area contributed by atoms with E-state index in [0.717, 1.165) is 10.4 Å². The van der Waals surface area contributed by atoms with Crippen molar-refractivity contribution in [2.75, 3.05) is 26.3 Å². The third kappa shape index (κ3) is 4.27. The molecule has 1 amide bonds. The monoisotopic (exact) mass is 380 g/mol. The molecule has 0 spiro atoms. The number of amides is 1. The van der Waals surface area contributed by atoms with Crippen molar-refractivity contribution in [1.82, 2.24) is 9.62 Å². The minimum absolute atomic E-state index is 0.122. The third-order valence-corrected chi connectivity index (χ3v) is 6.86. The first-order valence-corrected chi connectivity index (χ1v) is 10.2. The van der Waals surface area contributed by atoms with E-state index >= 15 is 0 Å². The highest BCUT2D eigenvalue weighted by Crippen LogP contribution is 2.18. The molecule has 2 heterocycles. The van der Waals surface area contributed by atoms with Gasteiger partial charge in [0, 0.05) is 24.5 Å². The molecule has 0 bridgehead atoms. The standard InChI is InChI=1S/C17H20N2O4S2/c1-13-2-7-16(24-13)17(20)18-12-14-3-5-15(6-4-14)25(21,22)19-8-10-23-11-9-19/h2-7H,8-12H2,1H3,(H,18,20). The van der Waals surface area contributed by atoms with Gasteiger partial charge < -0.3 is 10.1 Å². The van der Waals surface area contributed by atoms with E-state index in [9.17, 15) is 13.2 Å². The Morgan fingerprint density at radius 1 is 1.16 bits per heavy atom. The first-order valence-electron chi connectivity index (χ1n) is 7.98. The van der Waals surface area contributed by atoms with Crippen LogP contribution in [0.5, 0.6) is 0 Å². The fourth-order valence-corrected chi connectivity index (χ4v) is 4.73. The number of nitrogens with zero attached hydrogens (tertiary/aromatic N) is 1. The molecule has 1 aliphatic heterocycles. The molecule has 3 rings (SSSR count). The molecule has 1 fully saturated rings. The molecule has 2 aromatic rings. The highest BCUT2D eigenvalue weighted by atomic mass is 32.2. The molecule has 1 N–H and O–H groups in total. The third-order valence-electron chi connectivity index (χ3n) is 3.95. The second-order valence-electron chi connectivity index (χ2n) is 5.75. The summed E-state index contributed by atoms with van der Waals surface area (Å²) in [6.45, 7) is 3.90. The lowest BCUT2D eigenvalue weighted by molar-refractivity contribution is 0.0730. The number of rotatable bonds is 5. The summed E-state index contributed by atoms with van der Waals surface area (Å²) in [5.41, 5.74) is 0.850. The summed E-state index contributed by atoms with van der Waals surface area (Å²) < 4.78 is 31.7. The number of hydrogen-bond donors (Lipinski definition) is 1. The Balaban J connectivity index is 1.63. The summed E-state index contributed by atoms with van der Waals surface area (Å²) in [5, 5.41) is 2.85. The molecule has 0 atom stereocenters. The summed E-state index contributed by atoms with van der Waals surface area (Å²) in [6.07, 6.45) is 0. The molecule has 0 unspecified atom stereocenters. The smallest absolute Gasteiger partial charge is 0.261 e. The number of carbonyl (C=O) groups is 1. The number of benzene rings is 1. The normalized spacial score (nSPS) is 15.9. The van der Waals surface area contributed by atoms with Crippen LogP contribution in [0.4, 0.5) is 0 Å². The zero-order valence-electron chi connectivity index (χ0n) is 13.9. The maximum absolute atomic E-state index is 12.6. The molecule has 0 radical (unpaired) electrons. The van der Waals surface area contributed by atoms with E-state index < -0.39 is 10.0 Å². The topological polar surface area (TPSA) is 75.7 Å². The zero-order chi connectivity index (χ0) is 17.9. The van der Waals surface area contributed by atoms with Crippen LogP contribution in [0.2, 0.25) is 0 Å². The van der Waals surface area contributed by atoms with Gasteiger partial charge in [-0.25, -0.2) is 8.42 Å². The van der Waals surface area contributed by atoms with Crippen molar-refractivity contribution < 1.29 is 17.9 Å². The van der Waals surface area contributed by atoms with Crippen LogP contribution in [0.1, 0.15) is 20.1 Å². The summed E-state index contributed by atoms with van der Waals surface area (Å²) in [5.74, 6) is -0.122. The Bertz CT molecular complexity index is 838. The number of sulfonamides is 1. The zero-order valence-corrected chi connectivity index (χ0v) is 15.5. The van der Waals surface area contributed by atoms with E-state index in [4.69, 9.17) is 4.74 Å². The number of carbonyl (C=O) groups excluding carboxylic acids is 1. The van der Waals surface area contributed by atoms with Crippen molar-refractivity contribution in [2.24, 2.45) is 0 Å². The summed E-state index contributed by atoms with van der Waals surface area (Å²) in [4.78, 5) is 14.1. The first-order chi connectivity index (χ1) is 12.0. The van der Waals surface area contributed by atoms with Gasteiger partial charge in [-0.15, -0.1) is 11.3 Å². The molecule has 8 heteroatoms. The first kappa shape index (κ1) is 18.1. The average molecular weight is 380 g/mol. The maximum Gasteiger partial charge on any atom is 0.261 e. The lowest BCUT2D eigenvalue weighted by atomic mass is 10.2. The number of ether oxygens (including phenoxy) is 1. The van der Waals surface area contributed by atoms with Crippen LogP contribution in [0.3, 0.4) is 0 Å². The second kappa shape index (κ2) is 7.65. The van der Waals surface area contributed by atoms with Gasteiger partial charge in [0.2, 0.25) is 10.0 Å². The Kier molecular flexibility index (Phi) is 5.53. The molecule has 25 heavy (non-hydrogen) atoms. The molecule has 1 aromatic heterocycles. The van der Waals surface area contributed by atoms with E-state index in [2.05, 4.69) is 5.32 Å². The predicted octanol–water partition coefficient (Wildman–Crippen LogP) is 2.01. The van der Waals surface area contributed by atoms with Gasteiger partial charge in [-0.05, 0) is 36.8 Å². The molecule has 1 aliphatic rings. The van der Waals surface area contributed by atoms with E-state index in [1.807, 2.05) is 13.0 Å². The van der Waals surface area contributed by atoms with Gasteiger partial charge in [-0.3, -0.25) is 4.79 Å². The molecule has 1 aromatic carbocycles. The number of morpholine rings is 1. The molecule has 0 saturated carbocycles. The fraction of sp³-hybridized carbons (Fsp3) is 0.353. The van der Waals surface area contributed by atoms with E-state index in [1.165, 1.54) is 15.6 Å². The molecule has 1 saturated heterocycles. The number of hydrogen-bond acceptors (Lipinski definition) is 5. The lowest BCUT2D eigenvalue weighted by Crippen LogP contribution is -2.40. The number of nitrogens with one attached hydrogen (secondary N) is 1.